The molecule has 35 heavy (non-hydrogen) atoms. The first kappa shape index (κ1) is 27.6. The Morgan fingerprint density at radius 1 is 1.26 bits per heavy atom. The Balaban J connectivity index is 1.79. The molecule has 10 heteroatoms. The van der Waals surface area contributed by atoms with Gasteiger partial charge in [0.1, 0.15) is 5.60 Å². The zero-order valence-corrected chi connectivity index (χ0v) is 22.5. The average Bonchev–Trinajstić information content (AvgIpc) is 3.03. The van der Waals surface area contributed by atoms with Crippen LogP contribution < -0.4 is 4.90 Å². The van der Waals surface area contributed by atoms with Gasteiger partial charge in [-0.3, -0.25) is 14.7 Å². The normalized spacial score (nSPS) is 22.8. The van der Waals surface area contributed by atoms with E-state index >= 15 is 0 Å². The van der Waals surface area contributed by atoms with Crippen molar-refractivity contribution in [2.75, 3.05) is 37.0 Å². The molecule has 0 aromatic carbocycles. The summed E-state index contributed by atoms with van der Waals surface area (Å²) in [6.07, 6.45) is 0.470. The van der Waals surface area contributed by atoms with Gasteiger partial charge in [0.25, 0.3) is 5.92 Å². The van der Waals surface area contributed by atoms with Crippen molar-refractivity contribution in [3.63, 3.8) is 0 Å². The third-order valence-electron chi connectivity index (χ3n) is 6.62. The highest BCUT2D eigenvalue weighted by atomic mass is 35.5. The summed E-state index contributed by atoms with van der Waals surface area (Å²) < 4.78 is 34.3. The van der Waals surface area contributed by atoms with Crippen LogP contribution in [0.5, 0.6) is 0 Å². The number of anilines is 1. The van der Waals surface area contributed by atoms with Crippen LogP contribution in [0.1, 0.15) is 66.1 Å². The minimum Gasteiger partial charge on any atom is -0.444 e. The second-order valence-corrected chi connectivity index (χ2v) is 11.5. The summed E-state index contributed by atoms with van der Waals surface area (Å²) >= 11 is 6.24. The summed E-state index contributed by atoms with van der Waals surface area (Å²) in [5.41, 5.74) is -0.184. The number of rotatable bonds is 5. The molecule has 196 valence electrons. The van der Waals surface area contributed by atoms with Crippen LogP contribution in [-0.2, 0) is 20.9 Å². The first-order valence-electron chi connectivity index (χ1n) is 12.1. The summed E-state index contributed by atoms with van der Waals surface area (Å²) in [4.78, 5) is 35.7. The number of fused-ring (bicyclic) bond motifs is 1. The van der Waals surface area contributed by atoms with Gasteiger partial charge in [0.2, 0.25) is 5.91 Å². The lowest BCUT2D eigenvalue weighted by molar-refractivity contribution is -0.121. The van der Waals surface area contributed by atoms with Crippen molar-refractivity contribution in [1.29, 1.82) is 0 Å². The van der Waals surface area contributed by atoms with E-state index in [1.54, 1.807) is 9.80 Å². The third kappa shape index (κ3) is 5.88. The van der Waals surface area contributed by atoms with E-state index in [0.717, 1.165) is 0 Å². The van der Waals surface area contributed by atoms with E-state index in [9.17, 15) is 18.4 Å². The third-order valence-corrected chi connectivity index (χ3v) is 6.98. The molecular weight excluding hydrogens is 478 g/mol. The smallest absolute Gasteiger partial charge is 0.410 e. The summed E-state index contributed by atoms with van der Waals surface area (Å²) in [6.45, 7) is 13.9. The molecule has 1 fully saturated rings. The van der Waals surface area contributed by atoms with Crippen LogP contribution in [0, 0.1) is 0 Å². The molecule has 1 saturated heterocycles. The van der Waals surface area contributed by atoms with Gasteiger partial charge in [-0.1, -0.05) is 20.8 Å². The Kier molecular flexibility index (Phi) is 7.73. The van der Waals surface area contributed by atoms with Crippen LogP contribution in [0.4, 0.5) is 19.3 Å². The van der Waals surface area contributed by atoms with Crippen molar-refractivity contribution in [3.05, 3.63) is 23.5 Å². The molecule has 0 aliphatic carbocycles. The lowest BCUT2D eigenvalue weighted by Gasteiger charge is -2.44. The molecule has 7 nitrogen and oxygen atoms in total. The van der Waals surface area contributed by atoms with E-state index in [1.807, 2.05) is 46.4 Å². The molecule has 0 spiro atoms. The van der Waals surface area contributed by atoms with Gasteiger partial charge >= 0.3 is 6.09 Å². The Morgan fingerprint density at radius 2 is 1.91 bits per heavy atom. The number of halogens is 3. The maximum Gasteiger partial charge on any atom is 0.410 e. The van der Waals surface area contributed by atoms with E-state index in [1.165, 1.54) is 19.2 Å². The number of carbonyl (C=O) groups is 2. The van der Waals surface area contributed by atoms with Crippen LogP contribution in [0.2, 0.25) is 0 Å². The highest BCUT2D eigenvalue weighted by molar-refractivity contribution is 6.18. The zero-order chi connectivity index (χ0) is 26.3. The summed E-state index contributed by atoms with van der Waals surface area (Å²) in [7, 11) is 0. The monoisotopic (exact) mass is 514 g/mol. The van der Waals surface area contributed by atoms with Gasteiger partial charge in [0, 0.05) is 61.2 Å². The maximum atomic E-state index is 14.4. The molecular formula is C25H37ClF2N4O3. The second kappa shape index (κ2) is 9.81. The lowest BCUT2D eigenvalue weighted by Crippen LogP contribution is -2.61. The van der Waals surface area contributed by atoms with Crippen molar-refractivity contribution in [3.8, 4) is 0 Å². The molecule has 3 heterocycles. The zero-order valence-electron chi connectivity index (χ0n) is 21.7. The fraction of sp³-hybridized carbons (Fsp3) is 0.720. The first-order valence-corrected chi connectivity index (χ1v) is 12.6. The summed E-state index contributed by atoms with van der Waals surface area (Å²) in [6, 6.07) is 0.977. The first-order chi connectivity index (χ1) is 16.1. The quantitative estimate of drug-likeness (QED) is 0.530. The molecule has 2 aliphatic heterocycles. The van der Waals surface area contributed by atoms with E-state index in [4.69, 9.17) is 16.3 Å². The van der Waals surface area contributed by atoms with Crippen LogP contribution in [0.25, 0.3) is 0 Å². The number of pyridine rings is 1. The molecule has 2 amide bonds. The fourth-order valence-corrected chi connectivity index (χ4v) is 4.94. The number of aromatic nitrogens is 1. The van der Waals surface area contributed by atoms with Gasteiger partial charge in [0.15, 0.2) is 0 Å². The second-order valence-electron chi connectivity index (χ2n) is 11.2. The highest BCUT2D eigenvalue weighted by Crippen LogP contribution is 2.42. The lowest BCUT2D eigenvalue weighted by atomic mass is 9.91. The largest absolute Gasteiger partial charge is 0.444 e. The predicted molar refractivity (Wildman–Crippen MR) is 132 cm³/mol. The van der Waals surface area contributed by atoms with Crippen molar-refractivity contribution in [2.45, 2.75) is 83.9 Å². The summed E-state index contributed by atoms with van der Waals surface area (Å²) in [5, 5.41) is 0. The average molecular weight is 515 g/mol. The van der Waals surface area contributed by atoms with Crippen LogP contribution in [0.15, 0.2) is 12.3 Å². The van der Waals surface area contributed by atoms with E-state index < -0.39 is 23.0 Å². The van der Waals surface area contributed by atoms with Crippen LogP contribution in [-0.4, -0.2) is 76.5 Å². The van der Waals surface area contributed by atoms with E-state index in [0.29, 0.717) is 31.0 Å². The van der Waals surface area contributed by atoms with Crippen molar-refractivity contribution >= 4 is 29.3 Å². The van der Waals surface area contributed by atoms with Gasteiger partial charge in [-0.25, -0.2) is 13.6 Å². The highest BCUT2D eigenvalue weighted by Gasteiger charge is 2.43. The molecule has 2 aliphatic rings. The van der Waals surface area contributed by atoms with Gasteiger partial charge in [0.05, 0.1) is 17.9 Å². The Labute approximate surface area is 211 Å². The molecule has 1 aromatic heterocycles. The molecule has 3 rings (SSSR count). The fourth-order valence-electron chi connectivity index (χ4n) is 4.65. The maximum absolute atomic E-state index is 14.4. The molecule has 0 saturated carbocycles. The minimum atomic E-state index is -3.01. The van der Waals surface area contributed by atoms with Crippen molar-refractivity contribution < 1.29 is 23.1 Å². The van der Waals surface area contributed by atoms with Gasteiger partial charge in [-0.15, -0.1) is 11.6 Å². The molecule has 0 bridgehead atoms. The topological polar surface area (TPSA) is 66.0 Å². The molecule has 2 atom stereocenters. The van der Waals surface area contributed by atoms with Gasteiger partial charge in [-0.2, -0.15) is 0 Å². The van der Waals surface area contributed by atoms with Crippen LogP contribution >= 0.6 is 11.6 Å². The standard InChI is InChI=1S/C25H37ClF2N4O3/c1-8-25(27,28)17-9-19-21(29-11-17)24(6,7)15-32(19)20(33)14-30-12-16(2)31(13-18(30)10-26)22(34)35-23(3,4)5/h9,11,16,18H,8,10,12-15H2,1-7H3/t16-,18+/m1/s1. The molecule has 0 unspecified atom stereocenters. The Bertz CT molecular complexity index is 967. The van der Waals surface area contributed by atoms with Gasteiger partial charge < -0.3 is 14.5 Å². The molecule has 0 N–H and O–H groups in total. The Hall–Kier alpha value is -2.00. The number of carbonyl (C=O) groups excluding carboxylic acids is 2. The predicted octanol–water partition coefficient (Wildman–Crippen LogP) is 4.76. The number of amides is 2. The van der Waals surface area contributed by atoms with E-state index in [-0.39, 0.29) is 42.4 Å². The van der Waals surface area contributed by atoms with E-state index in [2.05, 4.69) is 4.98 Å². The van der Waals surface area contributed by atoms with Gasteiger partial charge in [-0.05, 0) is 33.8 Å². The number of ether oxygens (including phenoxy) is 1. The van der Waals surface area contributed by atoms with Crippen LogP contribution in [0.3, 0.4) is 0 Å². The minimum absolute atomic E-state index is 0.0633. The van der Waals surface area contributed by atoms with Crippen molar-refractivity contribution in [1.82, 2.24) is 14.8 Å². The summed E-state index contributed by atoms with van der Waals surface area (Å²) in [5.74, 6) is -2.99. The number of nitrogens with zero attached hydrogens (tertiary/aromatic N) is 4. The van der Waals surface area contributed by atoms with Crippen molar-refractivity contribution in [2.24, 2.45) is 0 Å². The number of hydrogen-bond donors (Lipinski definition) is 0. The number of piperazine rings is 1. The molecule has 0 radical (unpaired) electrons. The number of alkyl halides is 3. The Morgan fingerprint density at radius 3 is 2.49 bits per heavy atom. The molecule has 1 aromatic rings. The SMILES string of the molecule is CCC(F)(F)c1cnc2c(c1)N(C(=O)CN1C[C@@H](C)N(C(=O)OC(C)(C)C)C[C@@H]1CCl)CC2(C)C. The number of hydrogen-bond acceptors (Lipinski definition) is 5.